The van der Waals surface area contributed by atoms with E-state index < -0.39 is 25.9 Å². The molecule has 0 spiro atoms. The van der Waals surface area contributed by atoms with E-state index in [2.05, 4.69) is 0 Å². The summed E-state index contributed by atoms with van der Waals surface area (Å²) in [6, 6.07) is 0. The molecule has 0 aromatic carbocycles. The first-order valence-corrected chi connectivity index (χ1v) is 4.54. The average molecular weight is 217 g/mol. The van der Waals surface area contributed by atoms with Crippen LogP contribution in [-0.4, -0.2) is 18.0 Å². The van der Waals surface area contributed by atoms with Gasteiger partial charge in [-0.05, 0) is 15.3 Å². The van der Waals surface area contributed by atoms with Gasteiger partial charge in [0.05, 0.1) is 0 Å². The molecule has 0 unspecified atom stereocenters. The molecule has 0 amide bonds. The molecule has 0 fully saturated rings. The fourth-order valence-corrected chi connectivity index (χ4v) is 1.15. The van der Waals surface area contributed by atoms with E-state index in [1.807, 2.05) is 0 Å². The van der Waals surface area contributed by atoms with Crippen LogP contribution in [0.2, 0.25) is 0 Å². The molecule has 0 aliphatic heterocycles. The molecule has 0 aromatic heterocycles. The summed E-state index contributed by atoms with van der Waals surface area (Å²) in [5.41, 5.74) is -5.84. The van der Waals surface area contributed by atoms with Crippen molar-refractivity contribution >= 4 is 7.88 Å². The molecule has 0 saturated carbocycles. The molecule has 74 valence electrons. The van der Waals surface area contributed by atoms with Crippen LogP contribution in [0.1, 0.15) is 6.92 Å². The standard InChI is InChI=1S/C4H5F7P/c1-2-12(10,11)4(8,9)3(5,6)7/h2H2,1H3/q+1. The Kier molecular flexibility index (Phi) is 3.00. The van der Waals surface area contributed by atoms with Crippen LogP contribution < -0.4 is 0 Å². The summed E-state index contributed by atoms with van der Waals surface area (Å²) < 4.78 is 81.8. The van der Waals surface area contributed by atoms with Crippen molar-refractivity contribution in [2.75, 3.05) is 6.16 Å². The zero-order chi connectivity index (χ0) is 10.2. The Morgan fingerprint density at radius 2 is 1.33 bits per heavy atom. The quantitative estimate of drug-likeness (QED) is 0.485. The van der Waals surface area contributed by atoms with Crippen molar-refractivity contribution in [1.82, 2.24) is 0 Å². The zero-order valence-electron chi connectivity index (χ0n) is 5.80. The second kappa shape index (κ2) is 3.01. The van der Waals surface area contributed by atoms with Gasteiger partial charge in [-0.25, -0.2) is 0 Å². The van der Waals surface area contributed by atoms with Crippen molar-refractivity contribution in [3.05, 3.63) is 0 Å². The van der Waals surface area contributed by atoms with Gasteiger partial charge in [-0.15, -0.1) is 0 Å². The maximum atomic E-state index is 12.1. The van der Waals surface area contributed by atoms with E-state index in [1.54, 1.807) is 0 Å². The summed E-state index contributed by atoms with van der Waals surface area (Å²) in [5, 5.41) is 0. The van der Waals surface area contributed by atoms with Crippen LogP contribution in [0.3, 0.4) is 0 Å². The van der Waals surface area contributed by atoms with E-state index in [4.69, 9.17) is 0 Å². The first-order valence-electron chi connectivity index (χ1n) is 2.78. The Balaban J connectivity index is 4.85. The van der Waals surface area contributed by atoms with Gasteiger partial charge in [-0.3, -0.25) is 0 Å². The summed E-state index contributed by atoms with van der Waals surface area (Å²) in [6.07, 6.45) is -7.60. The number of rotatable bonds is 2. The Bertz CT molecular complexity index is 159. The Labute approximate surface area is 64.3 Å². The largest absolute Gasteiger partial charge is 0.515 e. The normalized spacial score (nSPS) is 15.0. The molecule has 0 nitrogen and oxygen atoms in total. The highest BCUT2D eigenvalue weighted by molar-refractivity contribution is 7.66. The molecule has 0 radical (unpaired) electrons. The van der Waals surface area contributed by atoms with Crippen LogP contribution >= 0.6 is 7.88 Å². The van der Waals surface area contributed by atoms with Crippen LogP contribution in [0.25, 0.3) is 0 Å². The fraction of sp³-hybridized carbons (Fsp3) is 1.00. The number of halogens is 7. The maximum absolute atomic E-state index is 12.1. The summed E-state index contributed by atoms with van der Waals surface area (Å²) in [6.45, 7) is 0.605. The number of hydrogen-bond acceptors (Lipinski definition) is 0. The van der Waals surface area contributed by atoms with Crippen molar-refractivity contribution < 1.29 is 30.3 Å². The van der Waals surface area contributed by atoms with Crippen molar-refractivity contribution in [2.45, 2.75) is 18.8 Å². The molecule has 12 heavy (non-hydrogen) atoms. The van der Waals surface area contributed by atoms with E-state index in [1.165, 1.54) is 0 Å². The van der Waals surface area contributed by atoms with Gasteiger partial charge in [0.25, 0.3) is 0 Å². The SMILES string of the molecule is CC[P+](F)(F)C(F)(F)C(F)(F)F. The smallest absolute Gasteiger partial charge is 0.161 e. The van der Waals surface area contributed by atoms with Gasteiger partial charge in [-0.1, -0.05) is 0 Å². The van der Waals surface area contributed by atoms with E-state index >= 15 is 0 Å². The van der Waals surface area contributed by atoms with Crippen LogP contribution in [0, 0.1) is 0 Å². The second-order valence-electron chi connectivity index (χ2n) is 1.99. The minimum absolute atomic E-state index is 0.605. The summed E-state index contributed by atoms with van der Waals surface area (Å²) in [5.74, 6) is 0. The van der Waals surface area contributed by atoms with E-state index in [9.17, 15) is 30.3 Å². The minimum Gasteiger partial charge on any atom is -0.161 e. The van der Waals surface area contributed by atoms with Crippen molar-refractivity contribution in [1.29, 1.82) is 0 Å². The van der Waals surface area contributed by atoms with Gasteiger partial charge in [-0.2, -0.15) is 22.0 Å². The molecule has 0 N–H and O–H groups in total. The lowest BCUT2D eigenvalue weighted by Crippen LogP contribution is -2.36. The second-order valence-corrected chi connectivity index (χ2v) is 4.44. The van der Waals surface area contributed by atoms with Crippen molar-refractivity contribution in [3.8, 4) is 0 Å². The highest BCUT2D eigenvalue weighted by atomic mass is 31.2. The predicted molar refractivity (Wildman–Crippen MR) is 30.7 cm³/mol. The molecule has 0 bridgehead atoms. The maximum Gasteiger partial charge on any atom is 0.515 e. The lowest BCUT2D eigenvalue weighted by molar-refractivity contribution is -0.245. The third kappa shape index (κ3) is 1.81. The lowest BCUT2D eigenvalue weighted by atomic mass is 10.7. The Hall–Kier alpha value is -0.0600. The third-order valence-electron chi connectivity index (χ3n) is 1.15. The molecule has 0 atom stereocenters. The predicted octanol–water partition coefficient (Wildman–Crippen LogP) is 3.95. The Morgan fingerprint density at radius 3 is 1.42 bits per heavy atom. The molecule has 0 saturated heterocycles. The van der Waals surface area contributed by atoms with Crippen molar-refractivity contribution in [2.24, 2.45) is 0 Å². The lowest BCUT2D eigenvalue weighted by Gasteiger charge is -2.17. The Morgan fingerprint density at radius 1 is 1.00 bits per heavy atom. The highest BCUT2D eigenvalue weighted by Crippen LogP contribution is 2.77. The average Bonchev–Trinajstić information content (AvgIpc) is 1.85. The van der Waals surface area contributed by atoms with Crippen LogP contribution in [0.5, 0.6) is 0 Å². The minimum atomic E-state index is -6.21. The van der Waals surface area contributed by atoms with Crippen LogP contribution in [0.4, 0.5) is 30.3 Å². The van der Waals surface area contributed by atoms with Crippen molar-refractivity contribution in [3.63, 3.8) is 0 Å². The molecule has 0 aromatic rings. The zero-order valence-corrected chi connectivity index (χ0v) is 6.69. The topological polar surface area (TPSA) is 0 Å². The van der Waals surface area contributed by atoms with E-state index in [0.717, 1.165) is 0 Å². The van der Waals surface area contributed by atoms with E-state index in [-0.39, 0.29) is 0 Å². The first kappa shape index (κ1) is 11.9. The summed E-state index contributed by atoms with van der Waals surface area (Å²) in [7, 11) is -6.21. The molecular weight excluding hydrogens is 212 g/mol. The van der Waals surface area contributed by atoms with Gasteiger partial charge in [0, 0.05) is 0 Å². The van der Waals surface area contributed by atoms with Gasteiger partial charge in [0.2, 0.25) is 0 Å². The van der Waals surface area contributed by atoms with Gasteiger partial charge in [0.1, 0.15) is 6.16 Å². The van der Waals surface area contributed by atoms with Crippen LogP contribution in [-0.2, 0) is 0 Å². The highest BCUT2D eigenvalue weighted by Gasteiger charge is 2.81. The fourth-order valence-electron chi connectivity index (χ4n) is 0.384. The van der Waals surface area contributed by atoms with Gasteiger partial charge < -0.3 is 0 Å². The number of hydrogen-bond donors (Lipinski definition) is 0. The third-order valence-corrected chi connectivity index (χ3v) is 3.02. The molecular formula is C4H5F7P+. The summed E-state index contributed by atoms with van der Waals surface area (Å²) in [4.78, 5) is 0. The summed E-state index contributed by atoms with van der Waals surface area (Å²) >= 11 is 0. The van der Waals surface area contributed by atoms with Gasteiger partial charge in [0.15, 0.2) is 0 Å². The molecule has 0 rings (SSSR count). The van der Waals surface area contributed by atoms with Crippen LogP contribution in [0.15, 0.2) is 0 Å². The first-order chi connectivity index (χ1) is 5.06. The number of alkyl halides is 5. The molecule has 0 heterocycles. The molecule has 0 aliphatic carbocycles. The monoisotopic (exact) mass is 217 g/mol. The molecule has 8 heteroatoms. The molecule has 0 aliphatic rings. The van der Waals surface area contributed by atoms with Gasteiger partial charge >= 0.3 is 19.7 Å². The van der Waals surface area contributed by atoms with E-state index in [0.29, 0.717) is 6.92 Å².